The number of nitrogens with zero attached hydrogens (tertiary/aromatic N) is 1. The van der Waals surface area contributed by atoms with Gasteiger partial charge in [0.2, 0.25) is 10.0 Å². The van der Waals surface area contributed by atoms with Gasteiger partial charge < -0.3 is 9.84 Å². The van der Waals surface area contributed by atoms with Crippen molar-refractivity contribution in [2.45, 2.75) is 72.8 Å². The van der Waals surface area contributed by atoms with Crippen LogP contribution in [0.25, 0.3) is 0 Å². The third kappa shape index (κ3) is 5.84. The van der Waals surface area contributed by atoms with Crippen molar-refractivity contribution >= 4 is 15.7 Å². The number of aryl methyl sites for hydroxylation is 2. The molecule has 188 valence electrons. The molecule has 0 radical (unpaired) electrons. The molecular weight excluding hydrogens is 446 g/mol. The third-order valence-electron chi connectivity index (χ3n) is 6.84. The first-order valence-electron chi connectivity index (χ1n) is 11.9. The van der Waals surface area contributed by atoms with E-state index in [0.717, 1.165) is 35.3 Å². The van der Waals surface area contributed by atoms with E-state index >= 15 is 0 Å². The summed E-state index contributed by atoms with van der Waals surface area (Å²) in [5, 5.41) is 10.3. The highest BCUT2D eigenvalue weighted by Gasteiger charge is 2.32. The van der Waals surface area contributed by atoms with E-state index in [9.17, 15) is 13.5 Å². The van der Waals surface area contributed by atoms with Gasteiger partial charge in [0.1, 0.15) is 12.4 Å². The summed E-state index contributed by atoms with van der Waals surface area (Å²) in [7, 11) is -3.45. The molecule has 6 heteroatoms. The maximum absolute atomic E-state index is 12.2. The average molecular weight is 488 g/mol. The van der Waals surface area contributed by atoms with Gasteiger partial charge in [0.25, 0.3) is 0 Å². The molecule has 1 atom stereocenters. The highest BCUT2D eigenvalue weighted by molar-refractivity contribution is 7.92. The van der Waals surface area contributed by atoms with Gasteiger partial charge in [0.05, 0.1) is 18.0 Å². The third-order valence-corrected chi connectivity index (χ3v) is 7.90. The van der Waals surface area contributed by atoms with Gasteiger partial charge in [-0.15, -0.1) is 0 Å². The van der Waals surface area contributed by atoms with Crippen molar-refractivity contribution in [1.82, 2.24) is 0 Å². The van der Waals surface area contributed by atoms with Crippen LogP contribution in [0.2, 0.25) is 0 Å². The first-order chi connectivity index (χ1) is 15.7. The molecule has 0 amide bonds. The van der Waals surface area contributed by atoms with E-state index in [1.165, 1.54) is 22.3 Å². The van der Waals surface area contributed by atoms with Crippen LogP contribution in [0.1, 0.15) is 69.7 Å². The SMILES string of the molecule is C=CN(c1ccc(C(CC)(CC)c2ccc(OCC(O)C(C)(C)C)c(C)c2)cc1C)S(C)(=O)=O. The highest BCUT2D eigenvalue weighted by atomic mass is 32.2. The summed E-state index contributed by atoms with van der Waals surface area (Å²) in [6.45, 7) is 18.2. The molecule has 0 aliphatic rings. The molecule has 2 rings (SSSR count). The molecule has 0 saturated heterocycles. The standard InChI is InChI=1S/C28H41NO4S/c1-10-28(11-2,22-13-15-24(20(4)17-22)29(12-3)34(9,31)32)23-14-16-25(21(5)18-23)33-19-26(30)27(6,7)8/h12-18,26,30H,3,10-11,19H2,1-2,4-9H3. The zero-order chi connectivity index (χ0) is 25.9. The lowest BCUT2D eigenvalue weighted by atomic mass is 9.70. The van der Waals surface area contributed by atoms with Crippen molar-refractivity contribution < 1.29 is 18.3 Å². The summed E-state index contributed by atoms with van der Waals surface area (Å²) in [6, 6.07) is 12.2. The number of aliphatic hydroxyl groups excluding tert-OH is 1. The van der Waals surface area contributed by atoms with Crippen LogP contribution in [0, 0.1) is 19.3 Å². The quantitative estimate of drug-likeness (QED) is 0.439. The molecule has 0 saturated carbocycles. The van der Waals surface area contributed by atoms with Crippen LogP contribution in [0.4, 0.5) is 5.69 Å². The summed E-state index contributed by atoms with van der Waals surface area (Å²) in [5.74, 6) is 0.773. The first kappa shape index (κ1) is 27.9. The number of aliphatic hydroxyl groups is 1. The molecule has 0 aliphatic carbocycles. The largest absolute Gasteiger partial charge is 0.491 e. The molecule has 0 heterocycles. The Kier molecular flexibility index (Phi) is 8.65. The van der Waals surface area contributed by atoms with Crippen LogP contribution in [0.15, 0.2) is 49.2 Å². The van der Waals surface area contributed by atoms with Gasteiger partial charge in [-0.2, -0.15) is 0 Å². The van der Waals surface area contributed by atoms with Crippen molar-refractivity contribution in [1.29, 1.82) is 0 Å². The summed E-state index contributed by atoms with van der Waals surface area (Å²) in [5.41, 5.74) is 4.38. The lowest BCUT2D eigenvalue weighted by Gasteiger charge is -2.35. The van der Waals surface area contributed by atoms with Crippen molar-refractivity contribution in [3.8, 4) is 5.75 Å². The number of hydrogen-bond donors (Lipinski definition) is 1. The molecule has 0 aliphatic heterocycles. The summed E-state index contributed by atoms with van der Waals surface area (Å²) >= 11 is 0. The van der Waals surface area contributed by atoms with E-state index in [1.807, 2.05) is 52.8 Å². The van der Waals surface area contributed by atoms with Gasteiger partial charge in [-0.25, -0.2) is 12.7 Å². The molecule has 0 spiro atoms. The van der Waals surface area contributed by atoms with Crippen LogP contribution in [0.3, 0.4) is 0 Å². The summed E-state index contributed by atoms with van der Waals surface area (Å²) < 4.78 is 31.5. The minimum atomic E-state index is -3.45. The maximum Gasteiger partial charge on any atom is 0.236 e. The van der Waals surface area contributed by atoms with Crippen LogP contribution >= 0.6 is 0 Å². The van der Waals surface area contributed by atoms with Gasteiger partial charge in [0, 0.05) is 11.6 Å². The van der Waals surface area contributed by atoms with E-state index in [1.54, 1.807) is 0 Å². The smallest absolute Gasteiger partial charge is 0.236 e. The van der Waals surface area contributed by atoms with E-state index < -0.39 is 16.1 Å². The first-order valence-corrected chi connectivity index (χ1v) is 13.7. The van der Waals surface area contributed by atoms with Crippen LogP contribution in [-0.2, 0) is 15.4 Å². The number of ether oxygens (including phenoxy) is 1. The van der Waals surface area contributed by atoms with Crippen molar-refractivity contribution in [2.75, 3.05) is 17.2 Å². The van der Waals surface area contributed by atoms with E-state index in [2.05, 4.69) is 38.6 Å². The Hall–Kier alpha value is -2.31. The van der Waals surface area contributed by atoms with Crippen molar-refractivity contribution in [2.24, 2.45) is 5.41 Å². The molecule has 0 bridgehead atoms. The predicted octanol–water partition coefficient (Wildman–Crippen LogP) is 6.10. The van der Waals surface area contributed by atoms with Crippen molar-refractivity contribution in [3.63, 3.8) is 0 Å². The number of sulfonamides is 1. The van der Waals surface area contributed by atoms with E-state index in [4.69, 9.17) is 4.74 Å². The number of benzene rings is 2. The predicted molar refractivity (Wildman–Crippen MR) is 142 cm³/mol. The van der Waals surface area contributed by atoms with E-state index in [-0.39, 0.29) is 17.4 Å². The normalized spacial score (nSPS) is 13.4. The fourth-order valence-corrected chi connectivity index (χ4v) is 5.21. The molecule has 2 aromatic carbocycles. The maximum atomic E-state index is 12.2. The van der Waals surface area contributed by atoms with Crippen LogP contribution < -0.4 is 9.04 Å². The fourth-order valence-electron chi connectivity index (χ4n) is 4.37. The van der Waals surface area contributed by atoms with Crippen LogP contribution in [-0.4, -0.2) is 32.5 Å². The molecule has 0 aromatic heterocycles. The van der Waals surface area contributed by atoms with Gasteiger partial charge in [-0.05, 0) is 66.5 Å². The number of hydrogen-bond acceptors (Lipinski definition) is 4. The Bertz CT molecular complexity index is 1110. The second-order valence-corrected chi connectivity index (χ2v) is 12.1. The topological polar surface area (TPSA) is 66.8 Å². The summed E-state index contributed by atoms with van der Waals surface area (Å²) in [6.07, 6.45) is 3.74. The van der Waals surface area contributed by atoms with E-state index in [0.29, 0.717) is 5.69 Å². The Labute approximate surface area is 206 Å². The lowest BCUT2D eigenvalue weighted by molar-refractivity contribution is 0.0216. The number of rotatable bonds is 10. The van der Waals surface area contributed by atoms with Crippen LogP contribution in [0.5, 0.6) is 5.75 Å². The van der Waals surface area contributed by atoms with Gasteiger partial charge in [-0.3, -0.25) is 0 Å². The zero-order valence-electron chi connectivity index (χ0n) is 22.0. The summed E-state index contributed by atoms with van der Waals surface area (Å²) in [4.78, 5) is 0. The Morgan fingerprint density at radius 3 is 1.97 bits per heavy atom. The van der Waals surface area contributed by atoms with Gasteiger partial charge in [0.15, 0.2) is 0 Å². The lowest BCUT2D eigenvalue weighted by Crippen LogP contribution is -2.32. The molecule has 2 aromatic rings. The zero-order valence-corrected chi connectivity index (χ0v) is 22.8. The fraction of sp³-hybridized carbons (Fsp3) is 0.500. The van der Waals surface area contributed by atoms with Gasteiger partial charge in [-0.1, -0.05) is 65.5 Å². The minimum absolute atomic E-state index is 0.221. The minimum Gasteiger partial charge on any atom is -0.491 e. The molecular formula is C28H41NO4S. The molecule has 1 N–H and O–H groups in total. The Morgan fingerprint density at radius 2 is 1.56 bits per heavy atom. The van der Waals surface area contributed by atoms with Gasteiger partial charge >= 0.3 is 0 Å². The monoisotopic (exact) mass is 487 g/mol. The molecule has 34 heavy (non-hydrogen) atoms. The second kappa shape index (κ2) is 10.5. The Morgan fingerprint density at radius 1 is 1.03 bits per heavy atom. The average Bonchev–Trinajstić information content (AvgIpc) is 2.74. The highest BCUT2D eigenvalue weighted by Crippen LogP contribution is 2.42. The molecule has 5 nitrogen and oxygen atoms in total. The second-order valence-electron chi connectivity index (χ2n) is 10.2. The molecule has 1 unspecified atom stereocenters. The number of anilines is 1. The Balaban J connectivity index is 2.46. The van der Waals surface area contributed by atoms with Crippen molar-refractivity contribution in [3.05, 3.63) is 71.4 Å². The molecule has 0 fully saturated rings.